The highest BCUT2D eigenvalue weighted by Gasteiger charge is 2.14. The molecule has 0 rings (SSSR count). The van der Waals surface area contributed by atoms with Crippen LogP contribution in [0.2, 0.25) is 0 Å². The van der Waals surface area contributed by atoms with E-state index < -0.39 is 12.0 Å². The molecular formula is C10H17NO4S. The smallest absolute Gasteiger partial charge is 0.305 e. The molecule has 0 heterocycles. The predicted octanol–water partition coefficient (Wildman–Crippen LogP) is 0.635. The summed E-state index contributed by atoms with van der Waals surface area (Å²) in [5.74, 6) is -0.595. The molecule has 92 valence electrons. The Hall–Kier alpha value is -1.04. The van der Waals surface area contributed by atoms with E-state index in [-0.39, 0.29) is 12.3 Å². The molecular weight excluding hydrogens is 230 g/mol. The van der Waals surface area contributed by atoms with Crippen molar-refractivity contribution in [3.8, 4) is 0 Å². The summed E-state index contributed by atoms with van der Waals surface area (Å²) in [4.78, 5) is 32.1. The van der Waals surface area contributed by atoms with Crippen molar-refractivity contribution in [3.05, 3.63) is 0 Å². The zero-order valence-corrected chi connectivity index (χ0v) is 9.91. The van der Waals surface area contributed by atoms with Crippen LogP contribution in [0.25, 0.3) is 0 Å². The summed E-state index contributed by atoms with van der Waals surface area (Å²) >= 11 is 4.04. The molecule has 0 bridgehead atoms. The van der Waals surface area contributed by atoms with Crippen LogP contribution in [0.4, 0.5) is 0 Å². The van der Waals surface area contributed by atoms with Crippen molar-refractivity contribution in [2.75, 3.05) is 5.75 Å². The number of thiol groups is 1. The average molecular weight is 247 g/mol. The number of unbranched alkanes of at least 4 members (excludes halogenated alkanes) is 2. The molecule has 0 aliphatic rings. The minimum atomic E-state index is -1.10. The van der Waals surface area contributed by atoms with E-state index in [0.29, 0.717) is 12.7 Å². The molecule has 6 heteroatoms. The first kappa shape index (κ1) is 15.0. The number of aliphatic carboxylic acids is 1. The van der Waals surface area contributed by atoms with Gasteiger partial charge >= 0.3 is 5.97 Å². The molecule has 2 N–H and O–H groups in total. The summed E-state index contributed by atoms with van der Waals surface area (Å²) in [6.07, 6.45) is 2.97. The van der Waals surface area contributed by atoms with Crippen LogP contribution >= 0.6 is 12.6 Å². The molecule has 0 fully saturated rings. The fourth-order valence-electron chi connectivity index (χ4n) is 1.17. The predicted molar refractivity (Wildman–Crippen MR) is 62.6 cm³/mol. The maximum absolute atomic E-state index is 11.3. The van der Waals surface area contributed by atoms with Gasteiger partial charge in [-0.25, -0.2) is 0 Å². The van der Waals surface area contributed by atoms with Crippen molar-refractivity contribution in [2.45, 2.75) is 38.1 Å². The van der Waals surface area contributed by atoms with Gasteiger partial charge in [0.15, 0.2) is 0 Å². The molecule has 0 saturated carbocycles. The molecule has 0 radical (unpaired) electrons. The first-order chi connectivity index (χ1) is 7.60. The van der Waals surface area contributed by atoms with Crippen LogP contribution in [0.1, 0.15) is 32.1 Å². The van der Waals surface area contributed by atoms with Gasteiger partial charge in [0.2, 0.25) is 5.91 Å². The van der Waals surface area contributed by atoms with E-state index in [1.807, 2.05) is 0 Å². The van der Waals surface area contributed by atoms with Gasteiger partial charge < -0.3 is 15.2 Å². The number of carbonyl (C=O) groups excluding carboxylic acids is 2. The number of carbonyl (C=O) groups is 3. The molecule has 0 aliphatic carbocycles. The highest BCUT2D eigenvalue weighted by atomic mass is 32.1. The number of hydrogen-bond donors (Lipinski definition) is 3. The quantitative estimate of drug-likeness (QED) is 0.317. The van der Waals surface area contributed by atoms with Crippen LogP contribution in [0.15, 0.2) is 0 Å². The van der Waals surface area contributed by atoms with Crippen molar-refractivity contribution < 1.29 is 19.5 Å². The molecule has 0 aromatic carbocycles. The standard InChI is InChI=1S/C10H17NO4S/c12-7-8(6-10(14)15)11-9(13)4-2-1-3-5-16/h7-8,16H,1-6H2,(H,11,13)(H,14,15). The van der Waals surface area contributed by atoms with Crippen molar-refractivity contribution >= 4 is 30.8 Å². The SMILES string of the molecule is O=CC(CC(=O)O)NC(=O)CCCCCS. The van der Waals surface area contributed by atoms with Gasteiger partial charge in [0.05, 0.1) is 12.5 Å². The fourth-order valence-corrected chi connectivity index (χ4v) is 1.40. The first-order valence-electron chi connectivity index (χ1n) is 5.17. The lowest BCUT2D eigenvalue weighted by Crippen LogP contribution is -2.37. The zero-order chi connectivity index (χ0) is 12.4. The van der Waals surface area contributed by atoms with Gasteiger partial charge in [-0.05, 0) is 18.6 Å². The molecule has 16 heavy (non-hydrogen) atoms. The lowest BCUT2D eigenvalue weighted by molar-refractivity contribution is -0.138. The Balaban J connectivity index is 3.74. The summed E-state index contributed by atoms with van der Waals surface area (Å²) in [5, 5.41) is 10.8. The van der Waals surface area contributed by atoms with Crippen molar-refractivity contribution in [1.29, 1.82) is 0 Å². The van der Waals surface area contributed by atoms with Gasteiger partial charge in [-0.1, -0.05) is 6.42 Å². The number of nitrogens with one attached hydrogen (secondary N) is 1. The van der Waals surface area contributed by atoms with E-state index in [1.54, 1.807) is 0 Å². The average Bonchev–Trinajstić information content (AvgIpc) is 2.23. The molecule has 5 nitrogen and oxygen atoms in total. The van der Waals surface area contributed by atoms with Gasteiger partial charge in [0, 0.05) is 6.42 Å². The van der Waals surface area contributed by atoms with Gasteiger partial charge in [-0.2, -0.15) is 12.6 Å². The molecule has 0 saturated heterocycles. The Labute approximate surface area is 100 Å². The van der Waals surface area contributed by atoms with E-state index in [2.05, 4.69) is 17.9 Å². The second-order valence-electron chi connectivity index (χ2n) is 3.44. The Morgan fingerprint density at radius 1 is 1.31 bits per heavy atom. The summed E-state index contributed by atoms with van der Waals surface area (Å²) in [5.41, 5.74) is 0. The first-order valence-corrected chi connectivity index (χ1v) is 5.80. The zero-order valence-electron chi connectivity index (χ0n) is 9.02. The molecule has 0 aromatic heterocycles. The normalized spacial score (nSPS) is 11.8. The third kappa shape index (κ3) is 8.28. The van der Waals surface area contributed by atoms with E-state index in [4.69, 9.17) is 5.11 Å². The molecule has 0 aromatic rings. The van der Waals surface area contributed by atoms with Gasteiger partial charge in [-0.15, -0.1) is 0 Å². The fraction of sp³-hybridized carbons (Fsp3) is 0.700. The molecule has 1 atom stereocenters. The summed E-state index contributed by atoms with van der Waals surface area (Å²) in [6.45, 7) is 0. The number of hydrogen-bond acceptors (Lipinski definition) is 4. The third-order valence-electron chi connectivity index (χ3n) is 1.97. The number of amides is 1. The molecule has 0 spiro atoms. The number of rotatable bonds is 9. The van der Waals surface area contributed by atoms with Crippen LogP contribution in [-0.2, 0) is 14.4 Å². The van der Waals surface area contributed by atoms with Crippen LogP contribution in [0, 0.1) is 0 Å². The Bertz CT molecular complexity index is 245. The number of carboxylic acid groups (broad SMARTS) is 1. The highest BCUT2D eigenvalue weighted by molar-refractivity contribution is 7.80. The van der Waals surface area contributed by atoms with Crippen LogP contribution in [0.5, 0.6) is 0 Å². The molecule has 1 amide bonds. The monoisotopic (exact) mass is 247 g/mol. The number of aldehydes is 1. The highest BCUT2D eigenvalue weighted by Crippen LogP contribution is 2.01. The Morgan fingerprint density at radius 2 is 2.00 bits per heavy atom. The Kier molecular flexibility index (Phi) is 8.61. The summed E-state index contributed by atoms with van der Waals surface area (Å²) in [7, 11) is 0. The van der Waals surface area contributed by atoms with E-state index in [9.17, 15) is 14.4 Å². The van der Waals surface area contributed by atoms with Crippen LogP contribution < -0.4 is 5.32 Å². The van der Waals surface area contributed by atoms with Crippen molar-refractivity contribution in [1.82, 2.24) is 5.32 Å². The summed E-state index contributed by atoms with van der Waals surface area (Å²) in [6, 6.07) is -0.921. The lowest BCUT2D eigenvalue weighted by Gasteiger charge is -2.09. The van der Waals surface area contributed by atoms with Crippen molar-refractivity contribution in [3.63, 3.8) is 0 Å². The largest absolute Gasteiger partial charge is 0.481 e. The van der Waals surface area contributed by atoms with Crippen LogP contribution in [0.3, 0.4) is 0 Å². The molecule has 0 aliphatic heterocycles. The minimum absolute atomic E-state index is 0.280. The van der Waals surface area contributed by atoms with Gasteiger partial charge in [-0.3, -0.25) is 9.59 Å². The minimum Gasteiger partial charge on any atom is -0.481 e. The van der Waals surface area contributed by atoms with E-state index >= 15 is 0 Å². The Morgan fingerprint density at radius 3 is 2.50 bits per heavy atom. The van der Waals surface area contributed by atoms with E-state index in [1.165, 1.54) is 0 Å². The summed E-state index contributed by atoms with van der Waals surface area (Å²) < 4.78 is 0. The third-order valence-corrected chi connectivity index (χ3v) is 2.28. The van der Waals surface area contributed by atoms with Gasteiger partial charge in [0.25, 0.3) is 0 Å². The maximum Gasteiger partial charge on any atom is 0.305 e. The number of carboxylic acids is 1. The maximum atomic E-state index is 11.3. The second kappa shape index (κ2) is 9.21. The van der Waals surface area contributed by atoms with Crippen LogP contribution in [-0.4, -0.2) is 35.1 Å². The molecule has 1 unspecified atom stereocenters. The van der Waals surface area contributed by atoms with Gasteiger partial charge in [0.1, 0.15) is 6.29 Å². The topological polar surface area (TPSA) is 83.5 Å². The lowest BCUT2D eigenvalue weighted by atomic mass is 10.1. The second-order valence-corrected chi connectivity index (χ2v) is 3.89. The van der Waals surface area contributed by atoms with E-state index in [0.717, 1.165) is 25.0 Å². The van der Waals surface area contributed by atoms with Crippen molar-refractivity contribution in [2.24, 2.45) is 0 Å².